The van der Waals surface area contributed by atoms with E-state index in [1.165, 1.54) is 6.92 Å². The summed E-state index contributed by atoms with van der Waals surface area (Å²) in [5.74, 6) is 0.982. The highest BCUT2D eigenvalue weighted by atomic mass is 16.5. The van der Waals surface area contributed by atoms with E-state index < -0.39 is 0 Å². The molecule has 72 valence electrons. The molecule has 13 heavy (non-hydrogen) atoms. The number of hydrogen-bond donors (Lipinski definition) is 0. The van der Waals surface area contributed by atoms with Gasteiger partial charge in [-0.1, -0.05) is 5.16 Å². The van der Waals surface area contributed by atoms with Crippen LogP contribution in [0.15, 0.2) is 4.52 Å². The smallest absolute Gasteiger partial charge is 0.228 e. The molecule has 1 aromatic rings. The van der Waals surface area contributed by atoms with Gasteiger partial charge in [0.05, 0.1) is 19.4 Å². The number of nitrogens with zero attached hydrogens (tertiary/aromatic N) is 2. The average molecular weight is 184 g/mol. The van der Waals surface area contributed by atoms with Crippen LogP contribution in [-0.2, 0) is 22.4 Å². The van der Waals surface area contributed by atoms with E-state index in [9.17, 15) is 4.79 Å². The van der Waals surface area contributed by atoms with Crippen LogP contribution in [-0.4, -0.2) is 29.6 Å². The first-order chi connectivity index (χ1) is 6.22. The fraction of sp³-hybridized carbons (Fsp3) is 0.625. The zero-order chi connectivity index (χ0) is 9.68. The summed E-state index contributed by atoms with van der Waals surface area (Å²) >= 11 is 0. The van der Waals surface area contributed by atoms with Crippen molar-refractivity contribution < 1.29 is 14.1 Å². The Labute approximate surface area is 76.1 Å². The van der Waals surface area contributed by atoms with Crippen LogP contribution in [0.3, 0.4) is 0 Å². The third-order valence-corrected chi connectivity index (χ3v) is 1.44. The first-order valence-electron chi connectivity index (χ1n) is 4.02. The molecule has 0 aromatic carbocycles. The van der Waals surface area contributed by atoms with Gasteiger partial charge in [0.15, 0.2) is 5.82 Å². The van der Waals surface area contributed by atoms with Crippen LogP contribution in [0.5, 0.6) is 0 Å². The largest absolute Gasteiger partial charge is 0.384 e. The highest BCUT2D eigenvalue weighted by Crippen LogP contribution is 1.99. The number of carbonyl (C=O) groups is 1. The first kappa shape index (κ1) is 9.85. The van der Waals surface area contributed by atoms with Crippen molar-refractivity contribution in [2.24, 2.45) is 0 Å². The molecule has 0 radical (unpaired) electrons. The van der Waals surface area contributed by atoms with Crippen LogP contribution >= 0.6 is 0 Å². The molecule has 1 rings (SSSR count). The van der Waals surface area contributed by atoms with Crippen molar-refractivity contribution in [1.29, 1.82) is 0 Å². The predicted octanol–water partition coefficient (Wildman–Crippen LogP) is 0.390. The number of carbonyl (C=O) groups excluding carboxylic acids is 1. The molecule has 0 N–H and O–H groups in total. The van der Waals surface area contributed by atoms with Gasteiger partial charge >= 0.3 is 0 Å². The van der Waals surface area contributed by atoms with E-state index in [1.807, 2.05) is 0 Å². The Kier molecular flexibility index (Phi) is 3.57. The van der Waals surface area contributed by atoms with Crippen LogP contribution in [0.1, 0.15) is 18.6 Å². The Morgan fingerprint density at radius 2 is 2.38 bits per heavy atom. The van der Waals surface area contributed by atoms with Crippen molar-refractivity contribution in [1.82, 2.24) is 10.1 Å². The minimum atomic E-state index is 0.0269. The Bertz CT molecular complexity index is 283. The summed E-state index contributed by atoms with van der Waals surface area (Å²) in [6, 6.07) is 0. The molecule has 0 saturated carbocycles. The quantitative estimate of drug-likeness (QED) is 0.662. The first-order valence-corrected chi connectivity index (χ1v) is 4.02. The molecule has 0 atom stereocenters. The lowest BCUT2D eigenvalue weighted by Crippen LogP contribution is -1.99. The number of ether oxygens (including phenoxy) is 1. The molecule has 0 saturated heterocycles. The van der Waals surface area contributed by atoms with Crippen LogP contribution < -0.4 is 0 Å². The summed E-state index contributed by atoms with van der Waals surface area (Å²) in [4.78, 5) is 14.7. The summed E-state index contributed by atoms with van der Waals surface area (Å²) in [6.45, 7) is 2.03. The van der Waals surface area contributed by atoms with E-state index in [-0.39, 0.29) is 12.2 Å². The molecule has 0 aliphatic heterocycles. The van der Waals surface area contributed by atoms with E-state index >= 15 is 0 Å². The van der Waals surface area contributed by atoms with Crippen molar-refractivity contribution in [2.75, 3.05) is 13.7 Å². The minimum Gasteiger partial charge on any atom is -0.384 e. The Balaban J connectivity index is 2.48. The Morgan fingerprint density at radius 1 is 1.62 bits per heavy atom. The number of ketones is 1. The van der Waals surface area contributed by atoms with Gasteiger partial charge in [-0.3, -0.25) is 4.79 Å². The number of Topliss-reactive ketones (excluding diaryl/α,β-unsaturated/α-hetero) is 1. The van der Waals surface area contributed by atoms with E-state index in [0.29, 0.717) is 24.7 Å². The summed E-state index contributed by atoms with van der Waals surface area (Å²) in [5.41, 5.74) is 0. The van der Waals surface area contributed by atoms with Gasteiger partial charge in [-0.05, 0) is 6.92 Å². The second kappa shape index (κ2) is 4.71. The van der Waals surface area contributed by atoms with Crippen molar-refractivity contribution in [3.05, 3.63) is 11.7 Å². The molecular weight excluding hydrogens is 172 g/mol. The van der Waals surface area contributed by atoms with E-state index in [0.717, 1.165) is 0 Å². The van der Waals surface area contributed by atoms with Crippen molar-refractivity contribution in [3.8, 4) is 0 Å². The summed E-state index contributed by atoms with van der Waals surface area (Å²) in [6.07, 6.45) is 0.817. The molecule has 5 nitrogen and oxygen atoms in total. The normalized spacial score (nSPS) is 10.3. The lowest BCUT2D eigenvalue weighted by molar-refractivity contribution is -0.116. The molecule has 0 amide bonds. The second-order valence-electron chi connectivity index (χ2n) is 2.73. The van der Waals surface area contributed by atoms with Gasteiger partial charge in [-0.25, -0.2) is 0 Å². The van der Waals surface area contributed by atoms with E-state index in [1.54, 1.807) is 7.11 Å². The van der Waals surface area contributed by atoms with Crippen molar-refractivity contribution >= 4 is 5.78 Å². The molecule has 0 bridgehead atoms. The van der Waals surface area contributed by atoms with Gasteiger partial charge in [0, 0.05) is 7.11 Å². The topological polar surface area (TPSA) is 65.2 Å². The maximum atomic E-state index is 10.7. The zero-order valence-corrected chi connectivity index (χ0v) is 7.74. The van der Waals surface area contributed by atoms with Crippen molar-refractivity contribution in [2.45, 2.75) is 19.8 Å². The Morgan fingerprint density at radius 3 is 3.00 bits per heavy atom. The number of methoxy groups -OCH3 is 1. The second-order valence-corrected chi connectivity index (χ2v) is 2.73. The van der Waals surface area contributed by atoms with Gasteiger partial charge in [-0.2, -0.15) is 4.98 Å². The maximum absolute atomic E-state index is 10.7. The third kappa shape index (κ3) is 3.33. The fourth-order valence-electron chi connectivity index (χ4n) is 0.876. The van der Waals surface area contributed by atoms with Gasteiger partial charge in [0.25, 0.3) is 0 Å². The average Bonchev–Trinajstić information content (AvgIpc) is 2.48. The predicted molar refractivity (Wildman–Crippen MR) is 44.3 cm³/mol. The summed E-state index contributed by atoms with van der Waals surface area (Å²) in [5, 5.41) is 3.65. The molecule has 1 heterocycles. The van der Waals surface area contributed by atoms with Crippen LogP contribution in [0, 0.1) is 0 Å². The monoisotopic (exact) mass is 184 g/mol. The molecule has 0 aliphatic rings. The molecule has 0 spiro atoms. The standard InChI is InChI=1S/C8H12N2O3/c1-6(11)5-7-9-8(13-10-7)3-4-12-2/h3-5H2,1-2H3. The number of hydrogen-bond acceptors (Lipinski definition) is 5. The SMILES string of the molecule is COCCc1nc(CC(C)=O)no1. The van der Waals surface area contributed by atoms with Crippen LogP contribution in [0.25, 0.3) is 0 Å². The van der Waals surface area contributed by atoms with Gasteiger partial charge in [0.1, 0.15) is 5.78 Å². The lowest BCUT2D eigenvalue weighted by Gasteiger charge is -1.90. The molecular formula is C8H12N2O3. The Hall–Kier alpha value is -1.23. The molecule has 0 unspecified atom stereocenters. The maximum Gasteiger partial charge on any atom is 0.228 e. The lowest BCUT2D eigenvalue weighted by atomic mass is 10.3. The van der Waals surface area contributed by atoms with Gasteiger partial charge < -0.3 is 9.26 Å². The fourth-order valence-corrected chi connectivity index (χ4v) is 0.876. The highest BCUT2D eigenvalue weighted by molar-refractivity contribution is 5.77. The summed E-state index contributed by atoms with van der Waals surface area (Å²) in [7, 11) is 1.60. The van der Waals surface area contributed by atoms with Gasteiger partial charge in [0.2, 0.25) is 5.89 Å². The van der Waals surface area contributed by atoms with Gasteiger partial charge in [-0.15, -0.1) is 0 Å². The number of aromatic nitrogens is 2. The minimum absolute atomic E-state index is 0.0269. The molecule has 0 aliphatic carbocycles. The third-order valence-electron chi connectivity index (χ3n) is 1.44. The molecule has 5 heteroatoms. The van der Waals surface area contributed by atoms with E-state index in [4.69, 9.17) is 9.26 Å². The number of rotatable bonds is 5. The molecule has 0 fully saturated rings. The highest BCUT2D eigenvalue weighted by Gasteiger charge is 2.07. The van der Waals surface area contributed by atoms with Crippen LogP contribution in [0.2, 0.25) is 0 Å². The van der Waals surface area contributed by atoms with E-state index in [2.05, 4.69) is 10.1 Å². The van der Waals surface area contributed by atoms with Crippen molar-refractivity contribution in [3.63, 3.8) is 0 Å². The van der Waals surface area contributed by atoms with Crippen LogP contribution in [0.4, 0.5) is 0 Å². The summed E-state index contributed by atoms with van der Waals surface area (Å²) < 4.78 is 9.72. The zero-order valence-electron chi connectivity index (χ0n) is 7.74. The molecule has 1 aromatic heterocycles.